The van der Waals surface area contributed by atoms with Crippen LogP contribution < -0.4 is 5.32 Å². The molecule has 0 aromatic carbocycles. The van der Waals surface area contributed by atoms with Gasteiger partial charge < -0.3 is 5.32 Å². The summed E-state index contributed by atoms with van der Waals surface area (Å²) in [5, 5.41) is 5.23. The smallest absolute Gasteiger partial charge is 0.244 e. The van der Waals surface area contributed by atoms with E-state index < -0.39 is 10.0 Å². The minimum absolute atomic E-state index is 0.379. The van der Waals surface area contributed by atoms with Gasteiger partial charge in [0.05, 0.1) is 4.90 Å². The Balaban J connectivity index is 2.18. The minimum Gasteiger partial charge on any atom is -0.309 e. The van der Waals surface area contributed by atoms with Gasteiger partial charge in [0.15, 0.2) is 0 Å². The molecule has 1 aromatic rings. The number of rotatable bonds is 8. The van der Waals surface area contributed by atoms with Crippen LogP contribution in [0.25, 0.3) is 0 Å². The molecule has 0 unspecified atom stereocenters. The second kappa shape index (κ2) is 6.39. The van der Waals surface area contributed by atoms with Crippen LogP contribution in [0.1, 0.15) is 31.6 Å². The highest BCUT2D eigenvalue weighted by Gasteiger charge is 2.27. The molecule has 0 atom stereocenters. The van der Waals surface area contributed by atoms with E-state index in [1.807, 2.05) is 19.2 Å². The summed E-state index contributed by atoms with van der Waals surface area (Å²) < 4.78 is 26.9. The van der Waals surface area contributed by atoms with Crippen molar-refractivity contribution in [1.82, 2.24) is 9.62 Å². The normalized spacial score (nSPS) is 15.8. The standard InChI is InChI=1S/C14H22N2O2S2/c1-4-16(10-11(2)3)20(17,18)14-7-8-19-13(14)9-15-12-5-6-12/h7-8,12,15H,2,4-6,9-10H2,1,3H3. The molecular weight excluding hydrogens is 292 g/mol. The highest BCUT2D eigenvalue weighted by Crippen LogP contribution is 2.27. The molecule has 1 heterocycles. The van der Waals surface area contributed by atoms with Crippen molar-refractivity contribution in [3.05, 3.63) is 28.5 Å². The summed E-state index contributed by atoms with van der Waals surface area (Å²) in [7, 11) is -3.42. The monoisotopic (exact) mass is 314 g/mol. The predicted molar refractivity (Wildman–Crippen MR) is 83.4 cm³/mol. The van der Waals surface area contributed by atoms with Crippen LogP contribution in [0.15, 0.2) is 28.5 Å². The van der Waals surface area contributed by atoms with Crippen molar-refractivity contribution in [2.45, 2.75) is 44.2 Å². The first kappa shape index (κ1) is 15.7. The third-order valence-corrected chi connectivity index (χ3v) is 6.31. The first-order valence-corrected chi connectivity index (χ1v) is 9.21. The Morgan fingerprint density at radius 2 is 2.25 bits per heavy atom. The molecule has 0 aliphatic heterocycles. The van der Waals surface area contributed by atoms with Crippen LogP contribution in [0, 0.1) is 0 Å². The third-order valence-electron chi connectivity index (χ3n) is 3.25. The number of thiophene rings is 1. The summed E-state index contributed by atoms with van der Waals surface area (Å²) in [4.78, 5) is 1.34. The van der Waals surface area contributed by atoms with Gasteiger partial charge in [-0.15, -0.1) is 11.3 Å². The zero-order valence-corrected chi connectivity index (χ0v) is 13.7. The third kappa shape index (κ3) is 3.69. The van der Waals surface area contributed by atoms with E-state index in [0.29, 0.717) is 30.6 Å². The molecule has 1 N–H and O–H groups in total. The number of nitrogens with zero attached hydrogens (tertiary/aromatic N) is 1. The van der Waals surface area contributed by atoms with E-state index in [-0.39, 0.29) is 0 Å². The molecule has 20 heavy (non-hydrogen) atoms. The molecule has 6 heteroatoms. The molecule has 112 valence electrons. The fraction of sp³-hybridized carbons (Fsp3) is 0.571. The van der Waals surface area contributed by atoms with Gasteiger partial charge in [0.2, 0.25) is 10.0 Å². The average molecular weight is 314 g/mol. The summed E-state index contributed by atoms with van der Waals surface area (Å²) in [6.07, 6.45) is 2.40. The van der Waals surface area contributed by atoms with Crippen LogP contribution in [0.2, 0.25) is 0 Å². The molecule has 4 nitrogen and oxygen atoms in total. The van der Waals surface area contributed by atoms with Crippen molar-refractivity contribution in [2.75, 3.05) is 13.1 Å². The topological polar surface area (TPSA) is 49.4 Å². The first-order valence-electron chi connectivity index (χ1n) is 6.89. The van der Waals surface area contributed by atoms with Crippen molar-refractivity contribution >= 4 is 21.4 Å². The molecule has 1 saturated carbocycles. The second-order valence-electron chi connectivity index (χ2n) is 5.25. The van der Waals surface area contributed by atoms with Gasteiger partial charge >= 0.3 is 0 Å². The number of likely N-dealkylation sites (N-methyl/N-ethyl adjacent to an activating group) is 1. The maximum atomic E-state index is 12.7. The zero-order valence-electron chi connectivity index (χ0n) is 12.1. The molecule has 1 aliphatic carbocycles. The number of sulfonamides is 1. The van der Waals surface area contributed by atoms with Crippen molar-refractivity contribution in [3.8, 4) is 0 Å². The average Bonchev–Trinajstić information content (AvgIpc) is 3.09. The van der Waals surface area contributed by atoms with E-state index in [9.17, 15) is 8.42 Å². The van der Waals surface area contributed by atoms with Gasteiger partial charge in [-0.1, -0.05) is 19.1 Å². The fourth-order valence-electron chi connectivity index (χ4n) is 2.02. The predicted octanol–water partition coefficient (Wildman–Crippen LogP) is 2.59. The van der Waals surface area contributed by atoms with Gasteiger partial charge in [0.25, 0.3) is 0 Å². The van der Waals surface area contributed by atoms with Gasteiger partial charge in [-0.25, -0.2) is 8.42 Å². The Morgan fingerprint density at radius 1 is 1.55 bits per heavy atom. The Bertz CT molecular complexity index is 574. The summed E-state index contributed by atoms with van der Waals surface area (Å²) in [6, 6.07) is 2.29. The lowest BCUT2D eigenvalue weighted by Crippen LogP contribution is -2.32. The molecule has 1 fully saturated rings. The molecule has 0 bridgehead atoms. The van der Waals surface area contributed by atoms with Crippen molar-refractivity contribution in [1.29, 1.82) is 0 Å². The Labute approximate surface area is 125 Å². The molecule has 2 rings (SSSR count). The van der Waals surface area contributed by atoms with Crippen LogP contribution in [0.4, 0.5) is 0 Å². The largest absolute Gasteiger partial charge is 0.309 e. The van der Waals surface area contributed by atoms with Crippen molar-refractivity contribution < 1.29 is 8.42 Å². The lowest BCUT2D eigenvalue weighted by Gasteiger charge is -2.20. The zero-order chi connectivity index (χ0) is 14.8. The number of hydrogen-bond donors (Lipinski definition) is 1. The lowest BCUT2D eigenvalue weighted by molar-refractivity contribution is 0.452. The van der Waals surface area contributed by atoms with E-state index in [2.05, 4.69) is 11.9 Å². The molecule has 1 aromatic heterocycles. The van der Waals surface area contributed by atoms with Gasteiger partial charge in [-0.05, 0) is 31.2 Å². The first-order chi connectivity index (χ1) is 9.45. The summed E-state index contributed by atoms with van der Waals surface area (Å²) in [6.45, 7) is 9.00. The molecule has 0 amide bonds. The van der Waals surface area contributed by atoms with Gasteiger partial charge in [0.1, 0.15) is 0 Å². The summed E-state index contributed by atoms with van der Waals surface area (Å²) >= 11 is 1.50. The van der Waals surface area contributed by atoms with Gasteiger partial charge in [-0.2, -0.15) is 4.31 Å². The fourth-order valence-corrected chi connectivity index (χ4v) is 4.89. The summed E-state index contributed by atoms with van der Waals surface area (Å²) in [5.41, 5.74) is 0.850. The Morgan fingerprint density at radius 3 is 2.80 bits per heavy atom. The van der Waals surface area contributed by atoms with E-state index in [0.717, 1.165) is 10.5 Å². The van der Waals surface area contributed by atoms with E-state index in [1.54, 1.807) is 6.07 Å². The van der Waals surface area contributed by atoms with Crippen LogP contribution in [-0.4, -0.2) is 31.9 Å². The number of hydrogen-bond acceptors (Lipinski definition) is 4. The van der Waals surface area contributed by atoms with E-state index >= 15 is 0 Å². The van der Waals surface area contributed by atoms with Crippen LogP contribution in [0.3, 0.4) is 0 Å². The van der Waals surface area contributed by atoms with Crippen molar-refractivity contribution in [2.24, 2.45) is 0 Å². The Kier molecular flexibility index (Phi) is 5.01. The maximum Gasteiger partial charge on any atom is 0.244 e. The van der Waals surface area contributed by atoms with Crippen LogP contribution in [0.5, 0.6) is 0 Å². The molecule has 0 spiro atoms. The van der Waals surface area contributed by atoms with Crippen LogP contribution in [-0.2, 0) is 16.6 Å². The Hall–Kier alpha value is -0.690. The molecule has 0 radical (unpaired) electrons. The lowest BCUT2D eigenvalue weighted by atomic mass is 10.3. The molecule has 1 aliphatic rings. The SMILES string of the molecule is C=C(C)CN(CC)S(=O)(=O)c1ccsc1CNC1CC1. The van der Waals surface area contributed by atoms with Crippen LogP contribution >= 0.6 is 11.3 Å². The summed E-state index contributed by atoms with van der Waals surface area (Å²) in [5.74, 6) is 0. The number of nitrogens with one attached hydrogen (secondary N) is 1. The molecule has 0 saturated heterocycles. The minimum atomic E-state index is -3.42. The highest BCUT2D eigenvalue weighted by molar-refractivity contribution is 7.89. The van der Waals surface area contributed by atoms with Gasteiger partial charge in [0, 0.05) is 30.6 Å². The van der Waals surface area contributed by atoms with Gasteiger partial charge in [-0.3, -0.25) is 0 Å². The molecular formula is C14H22N2O2S2. The van der Waals surface area contributed by atoms with Crippen molar-refractivity contribution in [3.63, 3.8) is 0 Å². The highest BCUT2D eigenvalue weighted by atomic mass is 32.2. The van der Waals surface area contributed by atoms with E-state index in [4.69, 9.17) is 0 Å². The second-order valence-corrected chi connectivity index (χ2v) is 8.16. The quantitative estimate of drug-likeness (QED) is 0.750. The van der Waals surface area contributed by atoms with E-state index in [1.165, 1.54) is 28.5 Å². The maximum absolute atomic E-state index is 12.7.